The lowest BCUT2D eigenvalue weighted by Crippen LogP contribution is -2.40. The number of guanidine groups is 1. The van der Waals surface area contributed by atoms with Crippen molar-refractivity contribution in [2.75, 3.05) is 27.3 Å². The van der Waals surface area contributed by atoms with Crippen LogP contribution in [0.1, 0.15) is 26.2 Å². The molecule has 0 aromatic rings. The summed E-state index contributed by atoms with van der Waals surface area (Å²) in [7, 11) is 3.51. The van der Waals surface area contributed by atoms with E-state index in [1.54, 1.807) is 14.2 Å². The van der Waals surface area contributed by atoms with Crippen LogP contribution in [-0.2, 0) is 4.74 Å². The van der Waals surface area contributed by atoms with Gasteiger partial charge < -0.3 is 15.4 Å². The van der Waals surface area contributed by atoms with E-state index in [-0.39, 0.29) is 24.0 Å². The molecule has 16 heavy (non-hydrogen) atoms. The fraction of sp³-hybridized carbons (Fsp3) is 0.909. The van der Waals surface area contributed by atoms with Gasteiger partial charge in [0.15, 0.2) is 5.96 Å². The minimum absolute atomic E-state index is 0. The molecule has 1 rings (SSSR count). The molecular formula is C11H24IN3O. The Balaban J connectivity index is 0.00000225. The van der Waals surface area contributed by atoms with Crippen molar-refractivity contribution in [1.82, 2.24) is 10.6 Å². The Hall–Kier alpha value is -0.0400. The number of methoxy groups -OCH3 is 1. The van der Waals surface area contributed by atoms with Crippen LogP contribution in [0.4, 0.5) is 0 Å². The second-order valence-corrected chi connectivity index (χ2v) is 4.03. The summed E-state index contributed by atoms with van der Waals surface area (Å²) in [5.41, 5.74) is 0. The Labute approximate surface area is 116 Å². The molecule has 2 N–H and O–H groups in total. The van der Waals surface area contributed by atoms with Gasteiger partial charge in [0, 0.05) is 26.7 Å². The Kier molecular flexibility index (Phi) is 9.02. The smallest absolute Gasteiger partial charge is 0.191 e. The first-order valence-electron chi connectivity index (χ1n) is 5.78. The molecule has 1 aliphatic rings. The van der Waals surface area contributed by atoms with Crippen molar-refractivity contribution in [2.45, 2.75) is 32.2 Å². The van der Waals surface area contributed by atoms with Crippen LogP contribution in [-0.4, -0.2) is 39.3 Å². The van der Waals surface area contributed by atoms with Crippen molar-refractivity contribution in [2.24, 2.45) is 10.9 Å². The second-order valence-electron chi connectivity index (χ2n) is 4.03. The number of hydrogen-bond acceptors (Lipinski definition) is 2. The first-order valence-corrected chi connectivity index (χ1v) is 5.78. The van der Waals surface area contributed by atoms with E-state index in [9.17, 15) is 0 Å². The average Bonchev–Trinajstić information content (AvgIpc) is 2.96. The molecule has 0 spiro atoms. The van der Waals surface area contributed by atoms with E-state index in [4.69, 9.17) is 4.74 Å². The number of rotatable bonds is 6. The number of halogens is 1. The summed E-state index contributed by atoms with van der Waals surface area (Å²) in [6, 6.07) is 0.638. The summed E-state index contributed by atoms with van der Waals surface area (Å²) < 4.78 is 4.97. The Morgan fingerprint density at radius 1 is 1.50 bits per heavy atom. The fourth-order valence-corrected chi connectivity index (χ4v) is 1.76. The first kappa shape index (κ1) is 16.0. The van der Waals surface area contributed by atoms with Crippen molar-refractivity contribution in [3.8, 4) is 0 Å². The predicted octanol–water partition coefficient (Wildman–Crippen LogP) is 1.60. The maximum atomic E-state index is 4.97. The second kappa shape index (κ2) is 9.04. The third-order valence-electron chi connectivity index (χ3n) is 2.73. The minimum atomic E-state index is 0. The maximum Gasteiger partial charge on any atom is 0.191 e. The average molecular weight is 341 g/mol. The van der Waals surface area contributed by atoms with Crippen LogP contribution in [0.15, 0.2) is 4.99 Å². The monoisotopic (exact) mass is 341 g/mol. The quantitative estimate of drug-likeness (QED) is 0.334. The Bertz CT molecular complexity index is 211. The topological polar surface area (TPSA) is 45.7 Å². The maximum absolute atomic E-state index is 4.97. The lowest BCUT2D eigenvalue weighted by atomic mass is 10.2. The largest absolute Gasteiger partial charge is 0.383 e. The van der Waals surface area contributed by atoms with Gasteiger partial charge in [0.05, 0.1) is 6.61 Å². The number of nitrogens with zero attached hydrogens (tertiary/aromatic N) is 1. The van der Waals surface area contributed by atoms with Crippen LogP contribution < -0.4 is 10.6 Å². The van der Waals surface area contributed by atoms with Gasteiger partial charge in [-0.2, -0.15) is 0 Å². The molecule has 0 radical (unpaired) electrons. The van der Waals surface area contributed by atoms with Crippen LogP contribution in [0, 0.1) is 5.92 Å². The standard InChI is InChI=1S/C11H23N3O.HI/c1-4-5-9-8-10(9)14-11(12-2)13-6-7-15-3;/h9-10H,4-8H2,1-3H3,(H2,12,13,14);1H. The fourth-order valence-electron chi connectivity index (χ4n) is 1.76. The normalized spacial score (nSPS) is 23.6. The molecule has 1 fully saturated rings. The SMILES string of the molecule is CCCC1CC1NC(=NC)NCCOC.I. The summed E-state index contributed by atoms with van der Waals surface area (Å²) in [6.45, 7) is 3.76. The van der Waals surface area contributed by atoms with Gasteiger partial charge in [-0.15, -0.1) is 24.0 Å². The van der Waals surface area contributed by atoms with Crippen molar-refractivity contribution in [1.29, 1.82) is 0 Å². The molecule has 0 aromatic carbocycles. The number of aliphatic imine (C=N–C) groups is 1. The van der Waals surface area contributed by atoms with Crippen LogP contribution in [0.5, 0.6) is 0 Å². The third kappa shape index (κ3) is 5.89. The minimum Gasteiger partial charge on any atom is -0.383 e. The van der Waals surface area contributed by atoms with E-state index in [0.717, 1.165) is 18.4 Å². The van der Waals surface area contributed by atoms with Crippen LogP contribution in [0.25, 0.3) is 0 Å². The highest BCUT2D eigenvalue weighted by atomic mass is 127. The van der Waals surface area contributed by atoms with Crippen molar-refractivity contribution >= 4 is 29.9 Å². The van der Waals surface area contributed by atoms with Gasteiger partial charge in [-0.1, -0.05) is 13.3 Å². The lowest BCUT2D eigenvalue weighted by Gasteiger charge is -2.11. The van der Waals surface area contributed by atoms with Gasteiger partial charge in [-0.3, -0.25) is 4.99 Å². The van der Waals surface area contributed by atoms with Crippen molar-refractivity contribution in [3.05, 3.63) is 0 Å². The van der Waals surface area contributed by atoms with Gasteiger partial charge in [-0.25, -0.2) is 0 Å². The summed E-state index contributed by atoms with van der Waals surface area (Å²) in [4.78, 5) is 4.17. The summed E-state index contributed by atoms with van der Waals surface area (Å²) >= 11 is 0. The molecule has 4 nitrogen and oxygen atoms in total. The van der Waals surface area contributed by atoms with Gasteiger partial charge in [0.25, 0.3) is 0 Å². The molecule has 0 amide bonds. The van der Waals surface area contributed by atoms with Crippen molar-refractivity contribution in [3.63, 3.8) is 0 Å². The molecule has 0 aliphatic heterocycles. The number of nitrogens with one attached hydrogen (secondary N) is 2. The van der Waals surface area contributed by atoms with E-state index in [2.05, 4.69) is 22.5 Å². The molecule has 1 saturated carbocycles. The highest BCUT2D eigenvalue weighted by molar-refractivity contribution is 14.0. The van der Waals surface area contributed by atoms with E-state index in [0.29, 0.717) is 12.6 Å². The number of ether oxygens (including phenoxy) is 1. The van der Waals surface area contributed by atoms with Crippen LogP contribution in [0.2, 0.25) is 0 Å². The molecule has 0 saturated heterocycles. The summed E-state index contributed by atoms with van der Waals surface area (Å²) in [5, 5.41) is 6.64. The zero-order valence-electron chi connectivity index (χ0n) is 10.5. The third-order valence-corrected chi connectivity index (χ3v) is 2.73. The zero-order valence-corrected chi connectivity index (χ0v) is 12.8. The van der Waals surface area contributed by atoms with Crippen LogP contribution in [0.3, 0.4) is 0 Å². The highest BCUT2D eigenvalue weighted by Crippen LogP contribution is 2.34. The summed E-state index contributed by atoms with van der Waals surface area (Å²) in [5.74, 6) is 1.76. The molecule has 5 heteroatoms. The molecular weight excluding hydrogens is 317 g/mol. The molecule has 0 bridgehead atoms. The van der Waals surface area contributed by atoms with Crippen molar-refractivity contribution < 1.29 is 4.74 Å². The highest BCUT2D eigenvalue weighted by Gasteiger charge is 2.36. The van der Waals surface area contributed by atoms with Gasteiger partial charge in [0.1, 0.15) is 0 Å². The van der Waals surface area contributed by atoms with Crippen LogP contribution >= 0.6 is 24.0 Å². The van der Waals surface area contributed by atoms with Gasteiger partial charge >= 0.3 is 0 Å². The van der Waals surface area contributed by atoms with Gasteiger partial charge in [0.2, 0.25) is 0 Å². The lowest BCUT2D eigenvalue weighted by molar-refractivity contribution is 0.203. The molecule has 2 atom stereocenters. The van der Waals surface area contributed by atoms with E-state index in [1.807, 2.05) is 0 Å². The van der Waals surface area contributed by atoms with E-state index in [1.165, 1.54) is 19.3 Å². The Morgan fingerprint density at radius 3 is 2.81 bits per heavy atom. The molecule has 96 valence electrons. The van der Waals surface area contributed by atoms with E-state index >= 15 is 0 Å². The molecule has 1 aliphatic carbocycles. The predicted molar refractivity (Wildman–Crippen MR) is 78.6 cm³/mol. The van der Waals surface area contributed by atoms with E-state index < -0.39 is 0 Å². The molecule has 0 aromatic heterocycles. The zero-order chi connectivity index (χ0) is 11.1. The number of hydrogen-bond donors (Lipinski definition) is 2. The summed E-state index contributed by atoms with van der Waals surface area (Å²) in [6.07, 6.45) is 3.89. The van der Waals surface area contributed by atoms with Gasteiger partial charge in [-0.05, 0) is 18.8 Å². The first-order chi connectivity index (χ1) is 7.31. The molecule has 2 unspecified atom stereocenters. The Morgan fingerprint density at radius 2 is 2.25 bits per heavy atom. The molecule has 0 heterocycles.